The third-order valence-electron chi connectivity index (χ3n) is 4.34. The Balaban J connectivity index is 1.64. The lowest BCUT2D eigenvalue weighted by atomic mass is 9.87. The Morgan fingerprint density at radius 1 is 1.04 bits per heavy atom. The molecule has 130 valence electrons. The molecule has 1 aliphatic heterocycles. The first-order chi connectivity index (χ1) is 12.4. The highest BCUT2D eigenvalue weighted by Crippen LogP contribution is 2.29. The summed E-state index contributed by atoms with van der Waals surface area (Å²) in [6, 6.07) is 18.2. The van der Waals surface area contributed by atoms with E-state index in [9.17, 15) is 4.79 Å². The normalized spacial score (nSPS) is 16.2. The van der Waals surface area contributed by atoms with E-state index in [0.717, 1.165) is 15.8 Å². The largest absolute Gasteiger partial charge is 0.402 e. The van der Waals surface area contributed by atoms with Gasteiger partial charge in [-0.15, -0.1) is 11.3 Å². The second kappa shape index (κ2) is 6.22. The number of thiophene rings is 1. The lowest BCUT2D eigenvalue weighted by Crippen LogP contribution is -2.11. The summed E-state index contributed by atoms with van der Waals surface area (Å²) in [5, 5.41) is 1.16. The Kier molecular flexibility index (Phi) is 4.00. The van der Waals surface area contributed by atoms with Crippen molar-refractivity contribution in [2.24, 2.45) is 4.99 Å². The molecule has 0 bridgehead atoms. The van der Waals surface area contributed by atoms with Gasteiger partial charge in [-0.2, -0.15) is 0 Å². The molecule has 0 radical (unpaired) electrons. The van der Waals surface area contributed by atoms with Crippen LogP contribution >= 0.6 is 11.3 Å². The molecule has 3 aromatic rings. The summed E-state index contributed by atoms with van der Waals surface area (Å²) >= 11 is 1.63. The second-order valence-electron chi connectivity index (χ2n) is 7.35. The van der Waals surface area contributed by atoms with Crippen LogP contribution in [0.25, 0.3) is 16.2 Å². The maximum atomic E-state index is 12.2. The number of carbonyl (C=O) groups is 1. The molecule has 2 aromatic carbocycles. The Morgan fingerprint density at radius 2 is 1.77 bits per heavy atom. The van der Waals surface area contributed by atoms with Gasteiger partial charge >= 0.3 is 5.97 Å². The number of carbonyl (C=O) groups excluding carboxylic acids is 1. The van der Waals surface area contributed by atoms with Crippen molar-refractivity contribution in [3.63, 3.8) is 0 Å². The first kappa shape index (κ1) is 16.7. The van der Waals surface area contributed by atoms with Crippen LogP contribution in [0.5, 0.6) is 0 Å². The van der Waals surface area contributed by atoms with Crippen LogP contribution in [0.4, 0.5) is 0 Å². The van der Waals surface area contributed by atoms with Crippen LogP contribution in [-0.2, 0) is 14.9 Å². The molecular formula is C22H19NO2S. The summed E-state index contributed by atoms with van der Waals surface area (Å²) in [6.07, 6.45) is 1.80. The molecule has 0 amide bonds. The van der Waals surface area contributed by atoms with E-state index in [4.69, 9.17) is 4.74 Å². The average Bonchev–Trinajstić information content (AvgIpc) is 3.18. The molecule has 0 N–H and O–H groups in total. The molecule has 0 unspecified atom stereocenters. The number of benzene rings is 2. The van der Waals surface area contributed by atoms with Crippen LogP contribution in [0.3, 0.4) is 0 Å². The summed E-state index contributed by atoms with van der Waals surface area (Å²) in [7, 11) is 0. The van der Waals surface area contributed by atoms with Gasteiger partial charge in [-0.1, -0.05) is 51.1 Å². The summed E-state index contributed by atoms with van der Waals surface area (Å²) in [6.45, 7) is 6.50. The molecule has 0 saturated carbocycles. The fourth-order valence-corrected chi connectivity index (χ4v) is 3.86. The van der Waals surface area contributed by atoms with E-state index in [2.05, 4.69) is 56.1 Å². The lowest BCUT2D eigenvalue weighted by molar-refractivity contribution is -0.129. The fraction of sp³-hybridized carbons (Fsp3) is 0.182. The number of hydrogen-bond donors (Lipinski definition) is 0. The van der Waals surface area contributed by atoms with E-state index in [1.807, 2.05) is 24.3 Å². The molecule has 26 heavy (non-hydrogen) atoms. The van der Waals surface area contributed by atoms with Gasteiger partial charge in [0.2, 0.25) is 5.90 Å². The van der Waals surface area contributed by atoms with Gasteiger partial charge in [-0.3, -0.25) is 0 Å². The highest BCUT2D eigenvalue weighted by molar-refractivity contribution is 7.19. The molecule has 2 heterocycles. The molecule has 4 heteroatoms. The Hall–Kier alpha value is -2.72. The Labute approximate surface area is 156 Å². The van der Waals surface area contributed by atoms with E-state index in [0.29, 0.717) is 11.6 Å². The van der Waals surface area contributed by atoms with Crippen molar-refractivity contribution in [1.82, 2.24) is 0 Å². The molecule has 4 rings (SSSR count). The second-order valence-corrected chi connectivity index (χ2v) is 8.47. The molecule has 0 aliphatic carbocycles. The van der Waals surface area contributed by atoms with E-state index in [1.54, 1.807) is 17.4 Å². The lowest BCUT2D eigenvalue weighted by Gasteiger charge is -2.18. The van der Waals surface area contributed by atoms with Gasteiger partial charge in [0.1, 0.15) is 0 Å². The Bertz CT molecular complexity index is 1020. The molecule has 3 nitrogen and oxygen atoms in total. The van der Waals surface area contributed by atoms with Crippen LogP contribution in [0.15, 0.2) is 65.3 Å². The van der Waals surface area contributed by atoms with Crippen molar-refractivity contribution in [1.29, 1.82) is 0 Å². The fourth-order valence-electron chi connectivity index (χ4n) is 2.85. The SMILES string of the molecule is CC(C)(C)c1ccc(C2=NC(=Cc3cc4ccccc4s3)C(=O)O2)cc1. The number of rotatable bonds is 2. The molecule has 0 spiro atoms. The number of aliphatic imine (C=N–C) groups is 1. The van der Waals surface area contributed by atoms with Gasteiger partial charge in [0.15, 0.2) is 5.70 Å². The maximum Gasteiger partial charge on any atom is 0.363 e. The van der Waals surface area contributed by atoms with Crippen molar-refractivity contribution >= 4 is 39.4 Å². The molecule has 0 saturated heterocycles. The smallest absolute Gasteiger partial charge is 0.363 e. The standard InChI is InChI=1S/C22H19NO2S/c1-22(2,3)16-10-8-14(9-11-16)20-23-18(21(24)25-20)13-17-12-15-6-4-5-7-19(15)26-17/h4-13H,1-3H3. The minimum Gasteiger partial charge on any atom is -0.402 e. The third kappa shape index (κ3) is 3.20. The topological polar surface area (TPSA) is 38.7 Å². The van der Waals surface area contributed by atoms with Crippen LogP contribution in [0.1, 0.15) is 36.8 Å². The van der Waals surface area contributed by atoms with Crippen LogP contribution in [-0.4, -0.2) is 11.9 Å². The monoisotopic (exact) mass is 361 g/mol. The van der Waals surface area contributed by atoms with Crippen LogP contribution in [0.2, 0.25) is 0 Å². The predicted molar refractivity (Wildman–Crippen MR) is 108 cm³/mol. The van der Waals surface area contributed by atoms with Crippen LogP contribution in [0, 0.1) is 0 Å². The van der Waals surface area contributed by atoms with Crippen molar-refractivity contribution in [2.75, 3.05) is 0 Å². The van der Waals surface area contributed by atoms with E-state index in [1.165, 1.54) is 10.3 Å². The van der Waals surface area contributed by atoms with Gasteiger partial charge in [0.05, 0.1) is 0 Å². The van der Waals surface area contributed by atoms with Gasteiger partial charge in [-0.05, 0) is 46.7 Å². The predicted octanol–water partition coefficient (Wildman–Crippen LogP) is 5.54. The van der Waals surface area contributed by atoms with Crippen molar-refractivity contribution in [3.8, 4) is 0 Å². The highest BCUT2D eigenvalue weighted by Gasteiger charge is 2.25. The summed E-state index contributed by atoms with van der Waals surface area (Å²) < 4.78 is 6.57. The Morgan fingerprint density at radius 3 is 2.46 bits per heavy atom. The van der Waals surface area contributed by atoms with Crippen LogP contribution < -0.4 is 0 Å². The zero-order chi connectivity index (χ0) is 18.3. The van der Waals surface area contributed by atoms with Crippen molar-refractivity contribution in [3.05, 3.63) is 76.3 Å². The summed E-state index contributed by atoms with van der Waals surface area (Å²) in [5.74, 6) is -0.0415. The number of cyclic esters (lactones) is 1. The zero-order valence-corrected chi connectivity index (χ0v) is 15.8. The van der Waals surface area contributed by atoms with Gasteiger partial charge in [0.25, 0.3) is 0 Å². The summed E-state index contributed by atoms with van der Waals surface area (Å²) in [4.78, 5) is 17.6. The minimum absolute atomic E-state index is 0.0823. The van der Waals surface area contributed by atoms with Crippen molar-refractivity contribution in [2.45, 2.75) is 26.2 Å². The molecule has 0 atom stereocenters. The van der Waals surface area contributed by atoms with Crippen molar-refractivity contribution < 1.29 is 9.53 Å². The highest BCUT2D eigenvalue weighted by atomic mass is 32.1. The number of nitrogens with zero attached hydrogens (tertiary/aromatic N) is 1. The number of esters is 1. The molecule has 1 aliphatic rings. The number of ether oxygens (including phenoxy) is 1. The molecular weight excluding hydrogens is 342 g/mol. The first-order valence-electron chi connectivity index (χ1n) is 8.52. The molecule has 0 fully saturated rings. The molecule has 1 aromatic heterocycles. The van der Waals surface area contributed by atoms with Gasteiger partial charge < -0.3 is 4.74 Å². The number of fused-ring (bicyclic) bond motifs is 1. The quantitative estimate of drug-likeness (QED) is 0.444. The zero-order valence-electron chi connectivity index (χ0n) is 14.9. The van der Waals surface area contributed by atoms with E-state index in [-0.39, 0.29) is 5.41 Å². The third-order valence-corrected chi connectivity index (χ3v) is 5.41. The first-order valence-corrected chi connectivity index (χ1v) is 9.34. The van der Waals surface area contributed by atoms with E-state index < -0.39 is 5.97 Å². The summed E-state index contributed by atoms with van der Waals surface area (Å²) in [5.41, 5.74) is 2.46. The minimum atomic E-state index is -0.405. The maximum absolute atomic E-state index is 12.2. The number of hydrogen-bond acceptors (Lipinski definition) is 4. The van der Waals surface area contributed by atoms with E-state index >= 15 is 0 Å². The average molecular weight is 361 g/mol. The van der Waals surface area contributed by atoms with Gasteiger partial charge in [0, 0.05) is 15.1 Å². The van der Waals surface area contributed by atoms with Gasteiger partial charge in [-0.25, -0.2) is 9.79 Å².